The van der Waals surface area contributed by atoms with Crippen LogP contribution in [0.25, 0.3) is 17.0 Å². The van der Waals surface area contributed by atoms with Gasteiger partial charge < -0.3 is 5.32 Å². The highest BCUT2D eigenvalue weighted by atomic mass is 32.2. The van der Waals surface area contributed by atoms with Crippen LogP contribution in [0.15, 0.2) is 59.6 Å². The Kier molecular flexibility index (Phi) is 4.47. The smallest absolute Gasteiger partial charge is 0.294 e. The molecule has 0 spiro atoms. The Hall–Kier alpha value is -3.39. The van der Waals surface area contributed by atoms with Gasteiger partial charge in [0.2, 0.25) is 5.91 Å². The third kappa shape index (κ3) is 3.61. The average molecular weight is 378 g/mol. The van der Waals surface area contributed by atoms with E-state index in [0.29, 0.717) is 10.6 Å². The summed E-state index contributed by atoms with van der Waals surface area (Å²) in [6, 6.07) is 14.5. The van der Waals surface area contributed by atoms with Gasteiger partial charge in [0.05, 0.1) is 16.6 Å². The standard InChI is InChI=1S/C19H14N4O3S/c24-17(21-14-7-6-13-10-20-22-15(13)9-14)11-23-18(25)16(27-19(23)26)8-12-4-2-1-3-5-12/h1-10H,11H2,(H,20,22)(H,21,24)/b16-8+. The number of imide groups is 1. The maximum absolute atomic E-state index is 12.5. The number of H-pyrrole nitrogens is 1. The zero-order valence-electron chi connectivity index (χ0n) is 14.0. The summed E-state index contributed by atoms with van der Waals surface area (Å²) in [5, 5.41) is 9.90. The summed E-state index contributed by atoms with van der Waals surface area (Å²) < 4.78 is 0. The lowest BCUT2D eigenvalue weighted by Crippen LogP contribution is -2.36. The molecule has 3 amide bonds. The van der Waals surface area contributed by atoms with Crippen molar-refractivity contribution in [1.29, 1.82) is 0 Å². The van der Waals surface area contributed by atoms with Gasteiger partial charge in [-0.2, -0.15) is 5.10 Å². The molecule has 0 bridgehead atoms. The topological polar surface area (TPSA) is 95.2 Å². The molecule has 1 saturated heterocycles. The van der Waals surface area contributed by atoms with E-state index in [0.717, 1.165) is 33.1 Å². The Balaban J connectivity index is 1.45. The van der Waals surface area contributed by atoms with Crippen LogP contribution in [-0.4, -0.2) is 38.7 Å². The summed E-state index contributed by atoms with van der Waals surface area (Å²) in [7, 11) is 0. The van der Waals surface area contributed by atoms with Crippen molar-refractivity contribution in [2.45, 2.75) is 0 Å². The molecule has 0 saturated carbocycles. The zero-order chi connectivity index (χ0) is 18.8. The Labute approximate surface area is 158 Å². The minimum Gasteiger partial charge on any atom is -0.324 e. The molecule has 2 N–H and O–H groups in total. The summed E-state index contributed by atoms with van der Waals surface area (Å²) >= 11 is 0.833. The molecule has 2 aromatic carbocycles. The monoisotopic (exact) mass is 378 g/mol. The molecule has 4 rings (SSSR count). The maximum Gasteiger partial charge on any atom is 0.294 e. The number of hydrogen-bond acceptors (Lipinski definition) is 5. The second-order valence-electron chi connectivity index (χ2n) is 5.90. The molecular formula is C19H14N4O3S. The fourth-order valence-corrected chi connectivity index (χ4v) is 3.53. The van der Waals surface area contributed by atoms with Gasteiger partial charge in [-0.05, 0) is 41.6 Å². The van der Waals surface area contributed by atoms with Crippen LogP contribution in [-0.2, 0) is 9.59 Å². The van der Waals surface area contributed by atoms with Gasteiger partial charge in [-0.1, -0.05) is 30.3 Å². The van der Waals surface area contributed by atoms with Crippen LogP contribution in [0, 0.1) is 0 Å². The lowest BCUT2D eigenvalue weighted by molar-refractivity contribution is -0.127. The number of carbonyl (C=O) groups is 3. The first-order chi connectivity index (χ1) is 13.1. The van der Waals surface area contributed by atoms with Gasteiger partial charge in [0.15, 0.2) is 0 Å². The quantitative estimate of drug-likeness (QED) is 0.680. The fraction of sp³-hybridized carbons (Fsp3) is 0.0526. The number of nitrogens with zero attached hydrogens (tertiary/aromatic N) is 2. The van der Waals surface area contributed by atoms with E-state index < -0.39 is 17.1 Å². The van der Waals surface area contributed by atoms with E-state index in [1.807, 2.05) is 36.4 Å². The maximum atomic E-state index is 12.5. The van der Waals surface area contributed by atoms with Crippen LogP contribution in [0.5, 0.6) is 0 Å². The number of nitrogens with one attached hydrogen (secondary N) is 2. The number of rotatable bonds is 4. The van der Waals surface area contributed by atoms with Crippen LogP contribution in [0.2, 0.25) is 0 Å². The second kappa shape index (κ2) is 7.08. The molecule has 1 aromatic heterocycles. The summed E-state index contributed by atoms with van der Waals surface area (Å²) in [6.07, 6.45) is 3.33. The van der Waals surface area contributed by atoms with Gasteiger partial charge in [-0.25, -0.2) is 0 Å². The summed E-state index contributed by atoms with van der Waals surface area (Å²) in [6.45, 7) is -0.336. The van der Waals surface area contributed by atoms with Crippen molar-refractivity contribution >= 4 is 51.5 Å². The van der Waals surface area contributed by atoms with E-state index >= 15 is 0 Å². The summed E-state index contributed by atoms with van der Waals surface area (Å²) in [5.41, 5.74) is 2.16. The summed E-state index contributed by atoms with van der Waals surface area (Å²) in [5.74, 6) is -0.912. The first-order valence-electron chi connectivity index (χ1n) is 8.13. The van der Waals surface area contributed by atoms with Crippen LogP contribution in [0.3, 0.4) is 0 Å². The molecule has 0 aliphatic carbocycles. The predicted octanol–water partition coefficient (Wildman–Crippen LogP) is 3.24. The lowest BCUT2D eigenvalue weighted by Gasteiger charge is -2.12. The highest BCUT2D eigenvalue weighted by molar-refractivity contribution is 8.18. The van der Waals surface area contributed by atoms with Crippen molar-refractivity contribution < 1.29 is 14.4 Å². The first kappa shape index (κ1) is 17.0. The van der Waals surface area contributed by atoms with Crippen molar-refractivity contribution in [3.63, 3.8) is 0 Å². The normalized spacial score (nSPS) is 15.7. The molecule has 7 nitrogen and oxygen atoms in total. The van der Waals surface area contributed by atoms with E-state index in [4.69, 9.17) is 0 Å². The van der Waals surface area contributed by atoms with Crippen molar-refractivity contribution in [3.05, 3.63) is 65.2 Å². The summed E-state index contributed by atoms with van der Waals surface area (Å²) in [4.78, 5) is 38.2. The number of thioether (sulfide) groups is 1. The molecule has 27 heavy (non-hydrogen) atoms. The van der Waals surface area contributed by atoms with Crippen molar-refractivity contribution in [2.24, 2.45) is 0 Å². The number of aromatic amines is 1. The highest BCUT2D eigenvalue weighted by Crippen LogP contribution is 2.32. The molecule has 1 aliphatic rings. The predicted molar refractivity (Wildman–Crippen MR) is 104 cm³/mol. The molecule has 0 atom stereocenters. The fourth-order valence-electron chi connectivity index (χ4n) is 2.70. The van der Waals surface area contributed by atoms with Crippen molar-refractivity contribution in [2.75, 3.05) is 11.9 Å². The van der Waals surface area contributed by atoms with Gasteiger partial charge in [-0.15, -0.1) is 0 Å². The van der Waals surface area contributed by atoms with Gasteiger partial charge >= 0.3 is 0 Å². The Bertz CT molecular complexity index is 1070. The molecular weight excluding hydrogens is 364 g/mol. The Morgan fingerprint density at radius 2 is 2.00 bits per heavy atom. The van der Waals surface area contributed by atoms with Gasteiger partial charge in [0.25, 0.3) is 11.1 Å². The minimum absolute atomic E-state index is 0.304. The van der Waals surface area contributed by atoms with E-state index in [9.17, 15) is 14.4 Å². The molecule has 134 valence electrons. The van der Waals surface area contributed by atoms with Crippen LogP contribution >= 0.6 is 11.8 Å². The molecule has 2 heterocycles. The second-order valence-corrected chi connectivity index (χ2v) is 6.89. The van der Waals surface area contributed by atoms with E-state index in [-0.39, 0.29) is 6.54 Å². The van der Waals surface area contributed by atoms with Crippen LogP contribution < -0.4 is 5.32 Å². The molecule has 0 unspecified atom stereocenters. The molecule has 1 fully saturated rings. The Morgan fingerprint density at radius 1 is 1.19 bits per heavy atom. The SMILES string of the molecule is O=C(CN1C(=O)S/C(=C/c2ccccc2)C1=O)Nc1ccc2cn[nH]c2c1. The molecule has 3 aromatic rings. The third-order valence-electron chi connectivity index (χ3n) is 4.00. The van der Waals surface area contributed by atoms with Crippen LogP contribution in [0.1, 0.15) is 5.56 Å². The van der Waals surface area contributed by atoms with Crippen molar-refractivity contribution in [1.82, 2.24) is 15.1 Å². The number of hydrogen-bond donors (Lipinski definition) is 2. The van der Waals surface area contributed by atoms with E-state index in [1.54, 1.807) is 24.4 Å². The first-order valence-corrected chi connectivity index (χ1v) is 8.95. The minimum atomic E-state index is -0.465. The number of anilines is 1. The van der Waals surface area contributed by atoms with E-state index in [2.05, 4.69) is 15.5 Å². The van der Waals surface area contributed by atoms with Gasteiger partial charge in [0, 0.05) is 11.1 Å². The molecule has 0 radical (unpaired) electrons. The van der Waals surface area contributed by atoms with Gasteiger partial charge in [0.1, 0.15) is 6.54 Å². The zero-order valence-corrected chi connectivity index (χ0v) is 14.8. The molecule has 8 heteroatoms. The highest BCUT2D eigenvalue weighted by Gasteiger charge is 2.36. The molecule has 1 aliphatic heterocycles. The average Bonchev–Trinajstić information content (AvgIpc) is 3.22. The van der Waals surface area contributed by atoms with Gasteiger partial charge in [-0.3, -0.25) is 24.4 Å². The number of amides is 3. The number of fused-ring (bicyclic) bond motifs is 1. The van der Waals surface area contributed by atoms with Crippen molar-refractivity contribution in [3.8, 4) is 0 Å². The number of benzene rings is 2. The third-order valence-corrected chi connectivity index (χ3v) is 4.91. The number of carbonyl (C=O) groups excluding carboxylic acids is 3. The largest absolute Gasteiger partial charge is 0.324 e. The number of aromatic nitrogens is 2. The van der Waals surface area contributed by atoms with E-state index in [1.165, 1.54) is 0 Å². The lowest BCUT2D eigenvalue weighted by atomic mass is 10.2. The Morgan fingerprint density at radius 3 is 2.81 bits per heavy atom. The van der Waals surface area contributed by atoms with Crippen LogP contribution in [0.4, 0.5) is 10.5 Å².